The summed E-state index contributed by atoms with van der Waals surface area (Å²) in [7, 11) is 1.81. The lowest BCUT2D eigenvalue weighted by Gasteiger charge is -2.26. The summed E-state index contributed by atoms with van der Waals surface area (Å²) in [5, 5.41) is 4.80. The van der Waals surface area contributed by atoms with E-state index < -0.39 is 6.61 Å². The highest BCUT2D eigenvalue weighted by atomic mass is 19.3. The Balaban J connectivity index is 1.34. The number of ether oxygens (including phenoxy) is 2. The molecule has 2 N–H and O–H groups in total. The standard InChI is InChI=1S/C23H31F2N5O2/c1-12(2)30-19(9-18(28-30)13-6-20(32-23(24)25)22(26)27-10-13)21-16-7-14(8-17(16)21)29-5-4-15(11-29)31-3/h6,9-10,12,14-17,21,23H,4-5,7-8,11H2,1-3H3,(H2,26,27)/t14?,15?,16-,17+,21?. The molecule has 3 heterocycles. The molecular formula is C23H31F2N5O2. The molecule has 0 spiro atoms. The van der Waals surface area contributed by atoms with Gasteiger partial charge in [0, 0.05) is 55.7 Å². The molecular weight excluding hydrogens is 416 g/mol. The first-order valence-corrected chi connectivity index (χ1v) is 11.4. The lowest BCUT2D eigenvalue weighted by Crippen LogP contribution is -2.33. The molecule has 2 saturated carbocycles. The van der Waals surface area contributed by atoms with Crippen molar-refractivity contribution in [3.63, 3.8) is 0 Å². The van der Waals surface area contributed by atoms with Crippen molar-refractivity contribution in [1.29, 1.82) is 0 Å². The van der Waals surface area contributed by atoms with Crippen LogP contribution in [0.2, 0.25) is 0 Å². The molecule has 5 atom stereocenters. The average molecular weight is 448 g/mol. The molecule has 2 aliphatic carbocycles. The Bertz CT molecular complexity index is 969. The molecule has 1 aliphatic heterocycles. The summed E-state index contributed by atoms with van der Waals surface area (Å²) in [5.41, 5.74) is 8.26. The zero-order valence-corrected chi connectivity index (χ0v) is 18.7. The number of anilines is 1. The van der Waals surface area contributed by atoms with Gasteiger partial charge in [-0.25, -0.2) is 4.98 Å². The topological polar surface area (TPSA) is 78.4 Å². The summed E-state index contributed by atoms with van der Waals surface area (Å²) in [4.78, 5) is 6.64. The number of nitrogen functional groups attached to an aromatic ring is 1. The third kappa shape index (κ3) is 3.85. The largest absolute Gasteiger partial charge is 0.431 e. The van der Waals surface area contributed by atoms with Crippen LogP contribution in [-0.4, -0.2) is 58.6 Å². The van der Waals surface area contributed by atoms with Crippen LogP contribution in [0.1, 0.15) is 50.8 Å². The van der Waals surface area contributed by atoms with Crippen molar-refractivity contribution in [2.24, 2.45) is 11.8 Å². The van der Waals surface area contributed by atoms with E-state index in [1.807, 2.05) is 0 Å². The Morgan fingerprint density at radius 2 is 1.94 bits per heavy atom. The third-order valence-corrected chi connectivity index (χ3v) is 7.44. The SMILES string of the molecule is COC1CCN(C2C[C@@H]3C(c4cc(-c5cnc(N)c(OC(F)F)c5)nn4C(C)C)[C@@H]3C2)C1. The summed E-state index contributed by atoms with van der Waals surface area (Å²) in [6.07, 6.45) is 5.51. The van der Waals surface area contributed by atoms with E-state index in [1.165, 1.54) is 24.6 Å². The number of hydrogen-bond acceptors (Lipinski definition) is 6. The van der Waals surface area contributed by atoms with Crippen LogP contribution < -0.4 is 10.5 Å². The maximum atomic E-state index is 12.7. The molecule has 0 amide bonds. The van der Waals surface area contributed by atoms with Crippen molar-refractivity contribution < 1.29 is 18.3 Å². The van der Waals surface area contributed by atoms with Crippen LogP contribution in [0, 0.1) is 11.8 Å². The zero-order chi connectivity index (χ0) is 22.6. The smallest absolute Gasteiger partial charge is 0.387 e. The van der Waals surface area contributed by atoms with Gasteiger partial charge in [0.05, 0.1) is 11.8 Å². The summed E-state index contributed by atoms with van der Waals surface area (Å²) >= 11 is 0. The van der Waals surface area contributed by atoms with Gasteiger partial charge >= 0.3 is 6.61 Å². The molecule has 0 aromatic carbocycles. The molecule has 2 aromatic rings. The van der Waals surface area contributed by atoms with E-state index >= 15 is 0 Å². The predicted molar refractivity (Wildman–Crippen MR) is 117 cm³/mol. The van der Waals surface area contributed by atoms with E-state index in [4.69, 9.17) is 15.6 Å². The van der Waals surface area contributed by atoms with Crippen LogP contribution >= 0.6 is 0 Å². The van der Waals surface area contributed by atoms with E-state index in [0.717, 1.165) is 19.5 Å². The number of nitrogens with zero attached hydrogens (tertiary/aromatic N) is 4. The maximum absolute atomic E-state index is 12.7. The van der Waals surface area contributed by atoms with Gasteiger partial charge in [0.25, 0.3) is 0 Å². The van der Waals surface area contributed by atoms with Gasteiger partial charge in [-0.15, -0.1) is 0 Å². The molecule has 174 valence electrons. The number of alkyl halides is 2. The minimum absolute atomic E-state index is 0.0574. The van der Waals surface area contributed by atoms with Gasteiger partial charge in [0.1, 0.15) is 0 Å². The Labute approximate surface area is 186 Å². The molecule has 1 saturated heterocycles. The Hall–Kier alpha value is -2.26. The number of halogens is 2. The number of rotatable bonds is 7. The second-order valence-electron chi connectivity index (χ2n) is 9.60. The van der Waals surface area contributed by atoms with Crippen LogP contribution in [0.4, 0.5) is 14.6 Å². The molecule has 3 aliphatic rings. The van der Waals surface area contributed by atoms with Gasteiger partial charge in [-0.05, 0) is 57.1 Å². The normalized spacial score (nSPS) is 29.8. The number of pyridine rings is 1. The highest BCUT2D eigenvalue weighted by Crippen LogP contribution is 2.64. The number of hydrogen-bond donors (Lipinski definition) is 1. The first-order chi connectivity index (χ1) is 15.4. The fraction of sp³-hybridized carbons (Fsp3) is 0.652. The lowest BCUT2D eigenvalue weighted by molar-refractivity contribution is -0.0494. The highest BCUT2D eigenvalue weighted by molar-refractivity contribution is 5.64. The minimum atomic E-state index is -2.95. The average Bonchev–Trinajstić information content (AvgIpc) is 3.23. The van der Waals surface area contributed by atoms with E-state index in [1.54, 1.807) is 13.3 Å². The van der Waals surface area contributed by atoms with Crippen LogP contribution in [0.5, 0.6) is 5.75 Å². The fourth-order valence-electron chi connectivity index (χ4n) is 5.83. The number of fused-ring (bicyclic) bond motifs is 1. The van der Waals surface area contributed by atoms with E-state index in [0.29, 0.717) is 41.2 Å². The summed E-state index contributed by atoms with van der Waals surface area (Å²) in [6, 6.07) is 4.45. The van der Waals surface area contributed by atoms with E-state index in [-0.39, 0.29) is 17.6 Å². The first-order valence-electron chi connectivity index (χ1n) is 11.4. The summed E-state index contributed by atoms with van der Waals surface area (Å²) in [5.74, 6) is 1.70. The second kappa shape index (κ2) is 8.26. The van der Waals surface area contributed by atoms with Crippen LogP contribution in [0.25, 0.3) is 11.3 Å². The van der Waals surface area contributed by atoms with Crippen molar-refractivity contribution in [2.75, 3.05) is 25.9 Å². The molecule has 32 heavy (non-hydrogen) atoms. The van der Waals surface area contributed by atoms with Gasteiger partial charge in [-0.2, -0.15) is 13.9 Å². The third-order valence-electron chi connectivity index (χ3n) is 7.44. The summed E-state index contributed by atoms with van der Waals surface area (Å²) < 4.78 is 37.5. The molecule has 5 rings (SSSR count). The van der Waals surface area contributed by atoms with E-state index in [9.17, 15) is 8.78 Å². The molecule has 2 aromatic heterocycles. The zero-order valence-electron chi connectivity index (χ0n) is 18.7. The lowest BCUT2D eigenvalue weighted by atomic mass is 10.0. The number of aromatic nitrogens is 3. The van der Waals surface area contributed by atoms with Gasteiger partial charge < -0.3 is 15.2 Å². The Kier molecular flexibility index (Phi) is 5.57. The molecule has 3 unspecified atom stereocenters. The van der Waals surface area contributed by atoms with Crippen molar-refractivity contribution >= 4 is 5.82 Å². The maximum Gasteiger partial charge on any atom is 0.387 e. The van der Waals surface area contributed by atoms with Crippen molar-refractivity contribution in [1.82, 2.24) is 19.7 Å². The Morgan fingerprint density at radius 1 is 1.19 bits per heavy atom. The van der Waals surface area contributed by atoms with Crippen LogP contribution in [-0.2, 0) is 4.74 Å². The number of nitrogens with two attached hydrogens (primary N) is 1. The molecule has 3 fully saturated rings. The highest BCUT2D eigenvalue weighted by Gasteiger charge is 2.59. The quantitative estimate of drug-likeness (QED) is 0.693. The predicted octanol–water partition coefficient (Wildman–Crippen LogP) is 3.92. The monoisotopic (exact) mass is 447 g/mol. The van der Waals surface area contributed by atoms with Gasteiger partial charge in [-0.1, -0.05) is 0 Å². The first kappa shape index (κ1) is 21.6. The summed E-state index contributed by atoms with van der Waals surface area (Å²) in [6.45, 7) is 3.46. The number of methoxy groups -OCH3 is 1. The van der Waals surface area contributed by atoms with Gasteiger partial charge in [0.15, 0.2) is 11.6 Å². The molecule has 7 nitrogen and oxygen atoms in total. The molecule has 0 bridgehead atoms. The van der Waals surface area contributed by atoms with E-state index in [2.05, 4.69) is 39.2 Å². The Morgan fingerprint density at radius 3 is 2.56 bits per heavy atom. The molecule has 0 radical (unpaired) electrons. The number of likely N-dealkylation sites (tertiary alicyclic amines) is 1. The minimum Gasteiger partial charge on any atom is -0.431 e. The van der Waals surface area contributed by atoms with Gasteiger partial charge in [-0.3, -0.25) is 9.58 Å². The van der Waals surface area contributed by atoms with Gasteiger partial charge in [0.2, 0.25) is 0 Å². The van der Waals surface area contributed by atoms with Crippen molar-refractivity contribution in [2.45, 2.75) is 63.8 Å². The fourth-order valence-corrected chi connectivity index (χ4v) is 5.83. The second-order valence-corrected chi connectivity index (χ2v) is 9.60. The van der Waals surface area contributed by atoms with Crippen LogP contribution in [0.3, 0.4) is 0 Å². The van der Waals surface area contributed by atoms with Crippen molar-refractivity contribution in [3.05, 3.63) is 24.0 Å². The van der Waals surface area contributed by atoms with Crippen molar-refractivity contribution in [3.8, 4) is 17.0 Å². The van der Waals surface area contributed by atoms with Crippen LogP contribution in [0.15, 0.2) is 18.3 Å². The molecule has 9 heteroatoms.